The normalized spacial score (nSPS) is 14.3. The maximum absolute atomic E-state index is 12.6. The fraction of sp³-hybridized carbons (Fsp3) is 1.00. The first-order valence-corrected chi connectivity index (χ1v) is 8.83. The lowest BCUT2D eigenvalue weighted by atomic mass is 10.1. The van der Waals surface area contributed by atoms with Crippen LogP contribution < -0.4 is 0 Å². The molecule has 10 heteroatoms. The van der Waals surface area contributed by atoms with Gasteiger partial charge in [-0.05, 0) is 26.2 Å². The number of halogens is 5. The fourth-order valence-electron chi connectivity index (χ4n) is 1.67. The highest BCUT2D eigenvalue weighted by atomic mass is 32.2. The number of rotatable bonds is 10. The number of alkyl halides is 5. The van der Waals surface area contributed by atoms with Crippen molar-refractivity contribution >= 4 is 10.0 Å². The molecule has 0 spiro atoms. The van der Waals surface area contributed by atoms with Crippen LogP contribution in [0.25, 0.3) is 0 Å². The maximum atomic E-state index is 12.6. The molecule has 0 amide bonds. The monoisotopic (exact) mass is 369 g/mol. The van der Waals surface area contributed by atoms with Gasteiger partial charge in [0.05, 0.1) is 12.4 Å². The van der Waals surface area contributed by atoms with Crippen LogP contribution in [0, 0.1) is 5.92 Å². The highest BCUT2D eigenvalue weighted by molar-refractivity contribution is 7.89. The van der Waals surface area contributed by atoms with E-state index in [1.165, 1.54) is 4.31 Å². The Morgan fingerprint density at radius 3 is 1.96 bits per heavy atom. The average Bonchev–Trinajstić information content (AvgIpc) is 2.32. The predicted molar refractivity (Wildman–Crippen MR) is 76.9 cm³/mol. The van der Waals surface area contributed by atoms with Gasteiger partial charge in [-0.25, -0.2) is 8.42 Å². The van der Waals surface area contributed by atoms with E-state index >= 15 is 0 Å². The second kappa shape index (κ2) is 8.57. The Kier molecular flexibility index (Phi) is 8.39. The highest BCUT2D eigenvalue weighted by Gasteiger charge is 2.57. The topological polar surface area (TPSA) is 46.6 Å². The fourth-order valence-corrected chi connectivity index (χ4v) is 3.26. The minimum Gasteiger partial charge on any atom is -0.374 e. The molecule has 0 aliphatic rings. The largest absolute Gasteiger partial charge is 0.455 e. The van der Waals surface area contributed by atoms with Crippen molar-refractivity contribution in [2.24, 2.45) is 5.92 Å². The van der Waals surface area contributed by atoms with Gasteiger partial charge in [0.15, 0.2) is 0 Å². The maximum Gasteiger partial charge on any atom is 0.455 e. The number of hydrogen-bond acceptors (Lipinski definition) is 3. The van der Waals surface area contributed by atoms with E-state index in [1.54, 1.807) is 13.8 Å². The van der Waals surface area contributed by atoms with Crippen LogP contribution in [0.3, 0.4) is 0 Å². The predicted octanol–water partition coefficient (Wildman–Crippen LogP) is 3.29. The van der Waals surface area contributed by atoms with E-state index in [4.69, 9.17) is 0 Å². The minimum atomic E-state index is -5.72. The molecular formula is C13H24F5NO3S. The molecule has 0 N–H and O–H groups in total. The van der Waals surface area contributed by atoms with E-state index in [9.17, 15) is 30.4 Å². The lowest BCUT2D eigenvalue weighted by Crippen LogP contribution is -2.42. The zero-order chi connectivity index (χ0) is 18.5. The molecule has 140 valence electrons. The molecule has 0 aromatic carbocycles. The third-order valence-corrected chi connectivity index (χ3v) is 5.05. The van der Waals surface area contributed by atoms with Crippen LogP contribution in [-0.2, 0) is 14.8 Å². The van der Waals surface area contributed by atoms with E-state index in [2.05, 4.69) is 4.74 Å². The SMILES string of the molecule is CC(C)CCN(C(C)C)S(=O)(=O)CCOCC(F)(F)C(F)(F)F. The molecule has 0 saturated heterocycles. The van der Waals surface area contributed by atoms with Crippen molar-refractivity contribution in [3.8, 4) is 0 Å². The summed E-state index contributed by atoms with van der Waals surface area (Å²) in [5.74, 6) is -5.36. The molecule has 0 rings (SSSR count). The molecule has 0 saturated carbocycles. The minimum absolute atomic E-state index is 0.260. The van der Waals surface area contributed by atoms with Crippen molar-refractivity contribution in [2.45, 2.75) is 52.3 Å². The lowest BCUT2D eigenvalue weighted by Gasteiger charge is -2.27. The van der Waals surface area contributed by atoms with Crippen LogP contribution in [0.15, 0.2) is 0 Å². The standard InChI is InChI=1S/C13H24F5NO3S/c1-10(2)5-6-19(11(3)4)23(20,21)8-7-22-9-12(14,15)13(16,17)18/h10-11H,5-9H2,1-4H3. The van der Waals surface area contributed by atoms with Crippen LogP contribution in [0.5, 0.6) is 0 Å². The van der Waals surface area contributed by atoms with Gasteiger partial charge in [-0.1, -0.05) is 13.8 Å². The van der Waals surface area contributed by atoms with Crippen LogP contribution >= 0.6 is 0 Å². The number of sulfonamides is 1. The van der Waals surface area contributed by atoms with Gasteiger partial charge < -0.3 is 4.74 Å². The van der Waals surface area contributed by atoms with E-state index in [0.717, 1.165) is 0 Å². The summed E-state index contributed by atoms with van der Waals surface area (Å²) in [6.45, 7) is 4.82. The van der Waals surface area contributed by atoms with Gasteiger partial charge >= 0.3 is 12.1 Å². The van der Waals surface area contributed by atoms with Gasteiger partial charge in [-0.3, -0.25) is 0 Å². The van der Waals surface area contributed by atoms with Gasteiger partial charge in [-0.15, -0.1) is 0 Å². The van der Waals surface area contributed by atoms with Crippen molar-refractivity contribution in [1.82, 2.24) is 4.31 Å². The molecule has 0 aliphatic heterocycles. The first-order chi connectivity index (χ1) is 10.2. The Morgan fingerprint density at radius 2 is 1.57 bits per heavy atom. The smallest absolute Gasteiger partial charge is 0.374 e. The first kappa shape index (κ1) is 22.5. The summed E-state index contributed by atoms with van der Waals surface area (Å²) in [6.07, 6.45) is -5.10. The molecule has 0 unspecified atom stereocenters. The summed E-state index contributed by atoms with van der Waals surface area (Å²) in [7, 11) is -3.79. The summed E-state index contributed by atoms with van der Waals surface area (Å²) >= 11 is 0. The first-order valence-electron chi connectivity index (χ1n) is 7.22. The van der Waals surface area contributed by atoms with Gasteiger partial charge in [-0.2, -0.15) is 26.3 Å². The van der Waals surface area contributed by atoms with Crippen molar-refractivity contribution in [1.29, 1.82) is 0 Å². The third kappa shape index (κ3) is 7.75. The van der Waals surface area contributed by atoms with Crippen LogP contribution in [-0.4, -0.2) is 56.4 Å². The molecule has 0 heterocycles. The summed E-state index contributed by atoms with van der Waals surface area (Å²) in [5.41, 5.74) is 0. The van der Waals surface area contributed by atoms with Crippen molar-refractivity contribution in [3.05, 3.63) is 0 Å². The number of hydrogen-bond donors (Lipinski definition) is 0. The van der Waals surface area contributed by atoms with E-state index < -0.39 is 41.1 Å². The summed E-state index contributed by atoms with van der Waals surface area (Å²) in [5, 5.41) is 0. The molecule has 4 nitrogen and oxygen atoms in total. The van der Waals surface area contributed by atoms with E-state index in [-0.39, 0.29) is 18.5 Å². The van der Waals surface area contributed by atoms with E-state index in [1.807, 2.05) is 13.8 Å². The molecule has 0 radical (unpaired) electrons. The summed E-state index contributed by atoms with van der Waals surface area (Å²) in [6, 6.07) is -0.338. The molecule has 0 fully saturated rings. The summed E-state index contributed by atoms with van der Waals surface area (Å²) < 4.78 is 90.9. The molecular weight excluding hydrogens is 345 g/mol. The molecule has 0 aromatic heterocycles. The number of nitrogens with zero attached hydrogens (tertiary/aromatic N) is 1. The van der Waals surface area contributed by atoms with Gasteiger partial charge in [0.1, 0.15) is 6.61 Å². The van der Waals surface area contributed by atoms with Crippen LogP contribution in [0.2, 0.25) is 0 Å². The average molecular weight is 369 g/mol. The summed E-state index contributed by atoms with van der Waals surface area (Å²) in [4.78, 5) is 0. The second-order valence-electron chi connectivity index (χ2n) is 5.96. The molecule has 0 atom stereocenters. The molecule has 0 aromatic rings. The third-order valence-electron chi connectivity index (χ3n) is 3.04. The Hall–Kier alpha value is -0.480. The zero-order valence-corrected chi connectivity index (χ0v) is 14.5. The van der Waals surface area contributed by atoms with Gasteiger partial charge in [0.25, 0.3) is 0 Å². The van der Waals surface area contributed by atoms with Crippen molar-refractivity contribution in [2.75, 3.05) is 25.5 Å². The van der Waals surface area contributed by atoms with Gasteiger partial charge in [0.2, 0.25) is 10.0 Å². The van der Waals surface area contributed by atoms with Crippen LogP contribution in [0.1, 0.15) is 34.1 Å². The Balaban J connectivity index is 4.56. The van der Waals surface area contributed by atoms with Crippen molar-refractivity contribution < 1.29 is 35.1 Å². The quantitative estimate of drug-likeness (QED) is 0.439. The Morgan fingerprint density at radius 1 is 1.04 bits per heavy atom. The zero-order valence-electron chi connectivity index (χ0n) is 13.7. The molecule has 0 aliphatic carbocycles. The molecule has 0 bridgehead atoms. The van der Waals surface area contributed by atoms with Crippen LogP contribution in [0.4, 0.5) is 22.0 Å². The lowest BCUT2D eigenvalue weighted by molar-refractivity contribution is -0.296. The van der Waals surface area contributed by atoms with Gasteiger partial charge in [0, 0.05) is 12.6 Å². The Bertz CT molecular complexity index is 449. The van der Waals surface area contributed by atoms with Crippen molar-refractivity contribution in [3.63, 3.8) is 0 Å². The Labute approximate surface area is 134 Å². The molecule has 23 heavy (non-hydrogen) atoms. The second-order valence-corrected chi connectivity index (χ2v) is 8.00. The number of ether oxygens (including phenoxy) is 1. The van der Waals surface area contributed by atoms with E-state index in [0.29, 0.717) is 6.42 Å². The highest BCUT2D eigenvalue weighted by Crippen LogP contribution is 2.35.